The molecule has 1 fully saturated rings. The maximum atomic E-state index is 14.2. The minimum absolute atomic E-state index is 0.0522. The first-order valence-corrected chi connectivity index (χ1v) is 16.2. The smallest absolute Gasteiger partial charge is 0.264 e. The lowest BCUT2D eigenvalue weighted by atomic mass is 10.1. The van der Waals surface area contributed by atoms with Crippen molar-refractivity contribution in [3.8, 4) is 11.5 Å². The van der Waals surface area contributed by atoms with Crippen LogP contribution in [0, 0.1) is 0 Å². The molecule has 0 spiro atoms. The zero-order valence-corrected chi connectivity index (χ0v) is 25.9. The average molecular weight is 608 g/mol. The van der Waals surface area contributed by atoms with Gasteiger partial charge in [-0.25, -0.2) is 8.42 Å². The number of nitrogens with zero attached hydrogens (tertiary/aromatic N) is 2. The van der Waals surface area contributed by atoms with Gasteiger partial charge in [-0.3, -0.25) is 13.9 Å². The van der Waals surface area contributed by atoms with E-state index in [0.29, 0.717) is 24.3 Å². The number of anilines is 1. The van der Waals surface area contributed by atoms with Crippen LogP contribution in [0.3, 0.4) is 0 Å². The first-order chi connectivity index (χ1) is 20.8. The van der Waals surface area contributed by atoms with E-state index >= 15 is 0 Å². The van der Waals surface area contributed by atoms with Gasteiger partial charge >= 0.3 is 0 Å². The summed E-state index contributed by atoms with van der Waals surface area (Å²) in [5.41, 5.74) is 1.35. The summed E-state index contributed by atoms with van der Waals surface area (Å²) in [5, 5.41) is 3.14. The van der Waals surface area contributed by atoms with Gasteiger partial charge in [0.15, 0.2) is 11.5 Å². The fourth-order valence-electron chi connectivity index (χ4n) is 5.49. The van der Waals surface area contributed by atoms with E-state index in [1.54, 1.807) is 30.3 Å². The number of nitrogens with one attached hydrogen (secondary N) is 1. The van der Waals surface area contributed by atoms with Crippen molar-refractivity contribution in [1.29, 1.82) is 0 Å². The second kappa shape index (κ2) is 14.9. The Hall–Kier alpha value is -4.05. The van der Waals surface area contributed by atoms with E-state index in [0.717, 1.165) is 35.6 Å². The van der Waals surface area contributed by atoms with Gasteiger partial charge in [0, 0.05) is 18.7 Å². The highest BCUT2D eigenvalue weighted by Gasteiger charge is 2.34. The molecular weight excluding hydrogens is 566 g/mol. The van der Waals surface area contributed by atoms with Crippen LogP contribution in [0.15, 0.2) is 83.8 Å². The SMILES string of the molecule is CCC(C(=O)NC1CCCC1)N(CCc1ccccc1)C(=O)CN(c1ccccc1)S(=O)(=O)c1ccc(OC)c(OC)c1. The number of rotatable bonds is 14. The van der Waals surface area contributed by atoms with E-state index in [-0.39, 0.29) is 29.1 Å². The first-order valence-electron chi connectivity index (χ1n) is 14.7. The third kappa shape index (κ3) is 7.87. The van der Waals surface area contributed by atoms with Gasteiger partial charge in [0.05, 0.1) is 24.8 Å². The van der Waals surface area contributed by atoms with Crippen molar-refractivity contribution < 1.29 is 27.5 Å². The molecule has 230 valence electrons. The number of sulfonamides is 1. The summed E-state index contributed by atoms with van der Waals surface area (Å²) in [6.45, 7) is 1.65. The number of para-hydroxylation sites is 1. The summed E-state index contributed by atoms with van der Waals surface area (Å²) in [6, 6.07) is 21.9. The predicted molar refractivity (Wildman–Crippen MR) is 167 cm³/mol. The van der Waals surface area contributed by atoms with Crippen LogP contribution in [0.25, 0.3) is 0 Å². The monoisotopic (exact) mass is 607 g/mol. The molecule has 9 nitrogen and oxygen atoms in total. The van der Waals surface area contributed by atoms with Crippen LogP contribution >= 0.6 is 0 Å². The molecule has 1 aliphatic rings. The van der Waals surface area contributed by atoms with Crippen molar-refractivity contribution in [3.63, 3.8) is 0 Å². The van der Waals surface area contributed by atoms with Crippen molar-refractivity contribution in [2.24, 2.45) is 0 Å². The summed E-state index contributed by atoms with van der Waals surface area (Å²) >= 11 is 0. The lowest BCUT2D eigenvalue weighted by Gasteiger charge is -2.33. The number of hydrogen-bond donors (Lipinski definition) is 1. The van der Waals surface area contributed by atoms with E-state index in [1.165, 1.54) is 37.3 Å². The van der Waals surface area contributed by atoms with Gasteiger partial charge in [-0.1, -0.05) is 68.3 Å². The highest BCUT2D eigenvalue weighted by Crippen LogP contribution is 2.32. The Morgan fingerprint density at radius 1 is 0.907 bits per heavy atom. The van der Waals surface area contributed by atoms with Crippen LogP contribution in [-0.4, -0.2) is 64.5 Å². The van der Waals surface area contributed by atoms with E-state index < -0.39 is 28.5 Å². The fraction of sp³-hybridized carbons (Fsp3) is 0.394. The predicted octanol–water partition coefficient (Wildman–Crippen LogP) is 4.81. The zero-order chi connectivity index (χ0) is 30.8. The molecular formula is C33H41N3O6S. The minimum atomic E-state index is -4.23. The molecule has 0 aromatic heterocycles. The van der Waals surface area contributed by atoms with Gasteiger partial charge in [-0.15, -0.1) is 0 Å². The van der Waals surface area contributed by atoms with Gasteiger partial charge < -0.3 is 19.7 Å². The van der Waals surface area contributed by atoms with Gasteiger partial charge in [0.2, 0.25) is 11.8 Å². The van der Waals surface area contributed by atoms with Crippen LogP contribution in [0.1, 0.15) is 44.6 Å². The molecule has 2 amide bonds. The summed E-state index contributed by atoms with van der Waals surface area (Å²) in [7, 11) is -1.33. The zero-order valence-electron chi connectivity index (χ0n) is 25.1. The molecule has 43 heavy (non-hydrogen) atoms. The molecule has 1 aliphatic carbocycles. The molecule has 0 saturated heterocycles. The van der Waals surface area contributed by atoms with Crippen LogP contribution in [0.2, 0.25) is 0 Å². The van der Waals surface area contributed by atoms with E-state index in [2.05, 4.69) is 5.32 Å². The number of carbonyl (C=O) groups excluding carboxylic acids is 2. The molecule has 1 atom stereocenters. The molecule has 3 aromatic carbocycles. The van der Waals surface area contributed by atoms with Crippen LogP contribution in [0.4, 0.5) is 5.69 Å². The standard InChI is InChI=1S/C33H41N3O6S/c1-4-29(33(38)34-26-15-11-12-16-26)35(22-21-25-13-7-5-8-14-25)32(37)24-36(27-17-9-6-10-18-27)43(39,40)28-19-20-30(41-2)31(23-28)42-3/h5-10,13-14,17-20,23,26,29H,4,11-12,15-16,21-22,24H2,1-3H3,(H,34,38). The molecule has 0 heterocycles. The molecule has 0 radical (unpaired) electrons. The van der Waals surface area contributed by atoms with E-state index in [1.807, 2.05) is 37.3 Å². The summed E-state index contributed by atoms with van der Waals surface area (Å²) in [5.74, 6) is -0.0287. The van der Waals surface area contributed by atoms with Crippen molar-refractivity contribution in [2.75, 3.05) is 31.6 Å². The van der Waals surface area contributed by atoms with Crippen molar-refractivity contribution in [2.45, 2.75) is 62.4 Å². The summed E-state index contributed by atoms with van der Waals surface area (Å²) in [6.07, 6.45) is 4.90. The van der Waals surface area contributed by atoms with Crippen molar-refractivity contribution >= 4 is 27.5 Å². The van der Waals surface area contributed by atoms with Gasteiger partial charge in [0.25, 0.3) is 10.0 Å². The molecule has 3 aromatic rings. The lowest BCUT2D eigenvalue weighted by Crippen LogP contribution is -2.54. The Morgan fingerprint density at radius 2 is 1.53 bits per heavy atom. The molecule has 10 heteroatoms. The summed E-state index contributed by atoms with van der Waals surface area (Å²) < 4.78 is 40.0. The molecule has 4 rings (SSSR count). The lowest BCUT2D eigenvalue weighted by molar-refractivity contribution is -0.139. The molecule has 1 saturated carbocycles. The highest BCUT2D eigenvalue weighted by atomic mass is 32.2. The van der Waals surface area contributed by atoms with E-state index in [4.69, 9.17) is 9.47 Å². The third-order valence-electron chi connectivity index (χ3n) is 7.84. The highest BCUT2D eigenvalue weighted by molar-refractivity contribution is 7.92. The molecule has 0 aliphatic heterocycles. The molecule has 1 N–H and O–H groups in total. The Balaban J connectivity index is 1.68. The Kier molecular flexibility index (Phi) is 11.1. The van der Waals surface area contributed by atoms with Gasteiger partial charge in [0.1, 0.15) is 12.6 Å². The number of hydrogen-bond acceptors (Lipinski definition) is 6. The molecule has 0 bridgehead atoms. The number of carbonyl (C=O) groups is 2. The van der Waals surface area contributed by atoms with Gasteiger partial charge in [-0.05, 0) is 55.5 Å². The second-order valence-electron chi connectivity index (χ2n) is 10.6. The quantitative estimate of drug-likeness (QED) is 0.282. The number of amides is 2. The van der Waals surface area contributed by atoms with Crippen LogP contribution in [0.5, 0.6) is 11.5 Å². The van der Waals surface area contributed by atoms with Crippen LogP contribution in [-0.2, 0) is 26.0 Å². The Morgan fingerprint density at radius 3 is 2.14 bits per heavy atom. The van der Waals surface area contributed by atoms with Crippen molar-refractivity contribution in [3.05, 3.63) is 84.4 Å². The number of ether oxygens (including phenoxy) is 2. The summed E-state index contributed by atoms with van der Waals surface area (Å²) in [4.78, 5) is 29.2. The number of benzene rings is 3. The average Bonchev–Trinajstić information content (AvgIpc) is 3.55. The largest absolute Gasteiger partial charge is 0.493 e. The van der Waals surface area contributed by atoms with Crippen LogP contribution < -0.4 is 19.1 Å². The Bertz CT molecular complexity index is 1460. The Labute approximate surface area is 254 Å². The first kappa shape index (κ1) is 31.9. The van der Waals surface area contributed by atoms with E-state index in [9.17, 15) is 18.0 Å². The number of methoxy groups -OCH3 is 2. The maximum absolute atomic E-state index is 14.2. The fourth-order valence-corrected chi connectivity index (χ4v) is 6.92. The molecule has 1 unspecified atom stereocenters. The van der Waals surface area contributed by atoms with Gasteiger partial charge in [-0.2, -0.15) is 0 Å². The normalized spacial score (nSPS) is 14.1. The minimum Gasteiger partial charge on any atom is -0.493 e. The second-order valence-corrected chi connectivity index (χ2v) is 12.5. The maximum Gasteiger partial charge on any atom is 0.264 e. The topological polar surface area (TPSA) is 105 Å². The van der Waals surface area contributed by atoms with Crippen molar-refractivity contribution in [1.82, 2.24) is 10.2 Å². The third-order valence-corrected chi connectivity index (χ3v) is 9.61.